The number of esters is 1. The number of Topliss-reactive ketones (excluding diaryl/α,β-unsaturated/α-hetero) is 1. The number of carbonyl (C=O) groups excluding carboxylic acids is 10. The Balaban J connectivity index is 0.917. The number of carbonyl (C=O) groups is 10. The highest BCUT2D eigenvalue weighted by atomic mass is 16.6. The van der Waals surface area contributed by atoms with E-state index in [1.807, 2.05) is 49.4 Å². The zero-order valence-corrected chi connectivity index (χ0v) is 72.0. The van der Waals surface area contributed by atoms with Gasteiger partial charge in [-0.15, -0.1) is 5.53 Å². The van der Waals surface area contributed by atoms with Crippen molar-refractivity contribution in [2.24, 2.45) is 29.3 Å². The third-order valence-corrected chi connectivity index (χ3v) is 19.9. The van der Waals surface area contributed by atoms with Gasteiger partial charge in [-0.2, -0.15) is 0 Å². The van der Waals surface area contributed by atoms with Crippen molar-refractivity contribution in [3.8, 4) is 0 Å². The van der Waals surface area contributed by atoms with Crippen LogP contribution in [0, 0.1) is 17.8 Å². The number of nitrogens with one attached hydrogen (secondary N) is 11. The van der Waals surface area contributed by atoms with Crippen LogP contribution in [0.25, 0.3) is 11.4 Å². The predicted molar refractivity (Wildman–Crippen MR) is 456 cm³/mol. The van der Waals surface area contributed by atoms with Crippen molar-refractivity contribution >= 4 is 81.9 Å². The van der Waals surface area contributed by atoms with E-state index >= 15 is 0 Å². The second kappa shape index (κ2) is 58.6. The maximum atomic E-state index is 14.4. The number of hydrogen-bond acceptors (Lipinski definition) is 26. The number of hydrazine groups is 3. The molecular formula is C86H135N15O20. The van der Waals surface area contributed by atoms with Crippen LogP contribution < -0.4 is 75.4 Å². The maximum absolute atomic E-state index is 14.4. The van der Waals surface area contributed by atoms with Crippen LogP contribution in [-0.2, 0) is 104 Å². The van der Waals surface area contributed by atoms with Gasteiger partial charge in [0.25, 0.3) is 0 Å². The van der Waals surface area contributed by atoms with Crippen molar-refractivity contribution < 1.29 is 95.3 Å². The molecule has 0 radical (unpaired) electrons. The molecule has 2 heterocycles. The average Bonchev–Trinajstić information content (AvgIpc) is 1.65. The van der Waals surface area contributed by atoms with Crippen LogP contribution >= 0.6 is 0 Å². The second-order valence-electron chi connectivity index (χ2n) is 30.5. The normalized spacial score (nSPS) is 15.3. The molecule has 15 N–H and O–H groups in total. The van der Waals surface area contributed by atoms with Crippen molar-refractivity contribution in [1.29, 1.82) is 0 Å². The molecule has 1 aliphatic carbocycles. The molecule has 0 bridgehead atoms. The van der Waals surface area contributed by atoms with Crippen molar-refractivity contribution in [3.63, 3.8) is 0 Å². The Morgan fingerprint density at radius 3 is 1.78 bits per heavy atom. The number of rotatable bonds is 62. The molecule has 1 unspecified atom stereocenters. The Labute approximate surface area is 712 Å². The van der Waals surface area contributed by atoms with Crippen molar-refractivity contribution in [3.05, 3.63) is 106 Å². The van der Waals surface area contributed by atoms with E-state index in [-0.39, 0.29) is 166 Å². The number of urea groups is 1. The summed E-state index contributed by atoms with van der Waals surface area (Å²) in [6, 6.07) is 19.7. The Morgan fingerprint density at radius 2 is 1.15 bits per heavy atom. The van der Waals surface area contributed by atoms with Crippen LogP contribution in [-0.4, -0.2) is 233 Å². The Hall–Kier alpha value is -9.40. The lowest BCUT2D eigenvalue weighted by Gasteiger charge is -2.31. The van der Waals surface area contributed by atoms with Crippen molar-refractivity contribution in [2.75, 3.05) is 155 Å². The Bertz CT molecular complexity index is 3720. The first-order chi connectivity index (χ1) is 58.6. The molecule has 674 valence electrons. The molecule has 35 heteroatoms. The zero-order valence-electron chi connectivity index (χ0n) is 72.0. The molecule has 0 saturated carbocycles. The van der Waals surface area contributed by atoms with E-state index in [0.717, 1.165) is 65.2 Å². The molecule has 6 rings (SSSR count). The fourth-order valence-electron chi connectivity index (χ4n) is 13.3. The summed E-state index contributed by atoms with van der Waals surface area (Å²) in [7, 11) is 0. The smallest absolute Gasteiger partial charge is 0.312 e. The van der Waals surface area contributed by atoms with Gasteiger partial charge in [0.15, 0.2) is 5.78 Å². The number of benzene rings is 3. The van der Waals surface area contributed by atoms with Gasteiger partial charge in [-0.3, -0.25) is 54.0 Å². The SMILES string of the molecule is CCCNC(=O)CCOCCOCCOCCOCCN/C1=C(\NN)C(OCC(=O)NCCCC[C@@H](NC(=O)CCOCCOCCOCCOCCNC(=O)CCC(=O)N2Cc3ccccc3C3=C(NNN3C(C)C)c3ccccc32)C(=O)N[C@H](C(=O)C[C@@H](CCCNC(N)=O)C(=O)Nc2ccc(COC(=O)C(C)C)cc2)C(C)C)CCCCC1. The van der Waals surface area contributed by atoms with Gasteiger partial charge in [0.2, 0.25) is 41.4 Å². The van der Waals surface area contributed by atoms with Crippen LogP contribution in [0.5, 0.6) is 0 Å². The van der Waals surface area contributed by atoms with Gasteiger partial charge in [-0.25, -0.2) is 4.79 Å². The van der Waals surface area contributed by atoms with Gasteiger partial charge in [0.1, 0.15) is 25.4 Å². The third kappa shape index (κ3) is 38.7. The summed E-state index contributed by atoms with van der Waals surface area (Å²) in [5, 5.41) is 25.2. The number of primary amides is 1. The highest BCUT2D eigenvalue weighted by Gasteiger charge is 2.36. The minimum absolute atomic E-state index is 0.00535. The molecule has 121 heavy (non-hydrogen) atoms. The highest BCUT2D eigenvalue weighted by molar-refractivity contribution is 6.03. The number of unbranched alkanes of at least 4 members (excludes halogenated alkanes) is 1. The van der Waals surface area contributed by atoms with Gasteiger partial charge in [0.05, 0.1) is 147 Å². The largest absolute Gasteiger partial charge is 0.461 e. The molecular weight excluding hydrogens is 1560 g/mol. The number of allylic oxidation sites excluding steroid dienone is 1. The number of fused-ring (bicyclic) bond motifs is 4. The van der Waals surface area contributed by atoms with E-state index in [4.69, 9.17) is 58.9 Å². The van der Waals surface area contributed by atoms with Crippen LogP contribution in [0.15, 0.2) is 84.2 Å². The van der Waals surface area contributed by atoms with Crippen LogP contribution in [0.2, 0.25) is 0 Å². The average molecular weight is 1700 g/mol. The maximum Gasteiger partial charge on any atom is 0.312 e. The van der Waals surface area contributed by atoms with Crippen molar-refractivity contribution in [2.45, 2.75) is 189 Å². The van der Waals surface area contributed by atoms with E-state index in [0.29, 0.717) is 128 Å². The van der Waals surface area contributed by atoms with Gasteiger partial charge in [-0.05, 0) is 107 Å². The van der Waals surface area contributed by atoms with E-state index in [2.05, 4.69) is 83.8 Å². The predicted octanol–water partition coefficient (Wildman–Crippen LogP) is 5.32. The number of hydrogen-bond donors (Lipinski definition) is 13. The Kier molecular flexibility index (Phi) is 48.6. The molecule has 3 aromatic carbocycles. The molecule has 4 atom stereocenters. The zero-order chi connectivity index (χ0) is 87.4. The fraction of sp³-hybridized carbons (Fsp3) is 0.628. The number of ether oxygens (including phenoxy) is 10. The lowest BCUT2D eigenvalue weighted by Crippen LogP contribution is -2.53. The molecule has 0 fully saturated rings. The molecule has 3 aromatic rings. The monoisotopic (exact) mass is 1700 g/mol. The topological polar surface area (TPSA) is 454 Å². The number of ketones is 1. The first-order valence-corrected chi connectivity index (χ1v) is 42.8. The summed E-state index contributed by atoms with van der Waals surface area (Å²) in [6.45, 7) is 19.9. The van der Waals surface area contributed by atoms with Crippen molar-refractivity contribution in [1.82, 2.24) is 58.6 Å². The van der Waals surface area contributed by atoms with Gasteiger partial charge >= 0.3 is 12.0 Å². The van der Waals surface area contributed by atoms with E-state index < -0.39 is 59.6 Å². The molecule has 0 spiro atoms. The van der Waals surface area contributed by atoms with Crippen LogP contribution in [0.1, 0.15) is 173 Å². The van der Waals surface area contributed by atoms with Crippen LogP contribution in [0.4, 0.5) is 16.2 Å². The minimum Gasteiger partial charge on any atom is -0.461 e. The lowest BCUT2D eigenvalue weighted by molar-refractivity contribution is -0.148. The Morgan fingerprint density at radius 1 is 0.562 bits per heavy atom. The van der Waals surface area contributed by atoms with E-state index in [9.17, 15) is 47.9 Å². The van der Waals surface area contributed by atoms with Gasteiger partial charge < -0.3 is 111 Å². The quantitative estimate of drug-likeness (QED) is 0.0147. The summed E-state index contributed by atoms with van der Waals surface area (Å²) in [5.74, 6) is 1.22. The standard InChI is InChI=1S/C86H135N15O20/c1-8-35-90-75(104)33-40-112-44-48-116-52-54-118-50-46-114-42-38-89-69-23-10-9-11-26-73(81(69)97-88)120-59-77(106)91-36-17-16-24-70(84(109)96-79(60(2)3)72(102)56-64(20-18-37-93-86(87)111)83(108)94-66-29-27-63(28-30-66)58-121-85(110)61(4)5)95-76(105)34-41-113-45-49-117-53-55-119-51-47-115-43-39-92-74(103)31-32-78(107)100-57-65-19-12-13-21-67(65)82-80(98-99-101(82)62(6)7)68-22-14-15-25-71(68)100/h12-15,19,21-22,25,27-30,60-62,64,70,73,79,89,97-99H,8-11,16-18,20,23-24,26,31-59,88H2,1-7H3,(H,90,104)(H,91,106)(H,92,103)(H,94,108)(H,95,105)(H,96,109)(H3,87,93,111)/b81-69-/t64-,70-,73?,79+/m1/s1. The highest BCUT2D eigenvalue weighted by Crippen LogP contribution is 2.40. The summed E-state index contributed by atoms with van der Waals surface area (Å²) in [6.07, 6.45) is 5.77. The molecule has 0 saturated heterocycles. The summed E-state index contributed by atoms with van der Waals surface area (Å²) >= 11 is 0. The number of anilines is 2. The number of nitrogens with zero attached hydrogens (tertiary/aromatic N) is 2. The minimum atomic E-state index is -1.12. The second-order valence-corrected chi connectivity index (χ2v) is 30.5. The summed E-state index contributed by atoms with van der Waals surface area (Å²) in [5.41, 5.74) is 22.9. The molecule has 9 amide bonds. The molecule has 3 aliphatic rings. The van der Waals surface area contributed by atoms with Gasteiger partial charge in [-0.1, -0.05) is 102 Å². The lowest BCUT2D eigenvalue weighted by atomic mass is 9.89. The fourth-order valence-corrected chi connectivity index (χ4v) is 13.3. The number of para-hydroxylation sites is 1. The first-order valence-electron chi connectivity index (χ1n) is 42.8. The molecule has 2 aliphatic heterocycles. The number of amides is 9. The van der Waals surface area contributed by atoms with E-state index in [1.54, 1.807) is 56.9 Å². The summed E-state index contributed by atoms with van der Waals surface area (Å²) in [4.78, 5) is 134. The first kappa shape index (κ1) is 100. The third-order valence-electron chi connectivity index (χ3n) is 19.9. The number of nitrogens with two attached hydrogens (primary N) is 2. The van der Waals surface area contributed by atoms with E-state index in [1.165, 1.54) is 0 Å². The molecule has 35 nitrogen and oxygen atoms in total. The molecule has 0 aromatic heterocycles. The van der Waals surface area contributed by atoms with Gasteiger partial charge in [0, 0.05) is 99.3 Å². The van der Waals surface area contributed by atoms with Crippen LogP contribution in [0.3, 0.4) is 0 Å². The summed E-state index contributed by atoms with van der Waals surface area (Å²) < 4.78 is 56.7.